The Kier molecular flexibility index (Phi) is 10.6. The molecule has 0 aliphatic rings. The molecule has 1 N–H and O–H groups in total. The summed E-state index contributed by atoms with van der Waals surface area (Å²) in [6, 6.07) is 4.04. The normalized spacial score (nSPS) is 6.55. The van der Waals surface area contributed by atoms with Crippen molar-refractivity contribution in [2.45, 2.75) is 0 Å². The Hall–Kier alpha value is -0.870. The van der Waals surface area contributed by atoms with Crippen LogP contribution >= 0.6 is 23.7 Å². The van der Waals surface area contributed by atoms with Crippen LogP contribution in [-0.2, 0) is 9.59 Å². The fourth-order valence-corrected chi connectivity index (χ4v) is 0.680. The molecular formula is C6H7ClO3S. The molecule has 0 saturated heterocycles. The molecule has 0 fully saturated rings. The third-order valence-corrected chi connectivity index (χ3v) is 1.15. The van der Waals surface area contributed by atoms with Crippen LogP contribution in [0.15, 0.2) is 22.9 Å². The van der Waals surface area contributed by atoms with Crippen molar-refractivity contribution in [3.63, 3.8) is 0 Å². The summed E-state index contributed by atoms with van der Waals surface area (Å²) in [5, 5.41) is 11.4. The Labute approximate surface area is 74.1 Å². The molecule has 1 rings (SSSR count). The quantitative estimate of drug-likeness (QED) is 0.544. The Balaban J connectivity index is 0. The van der Waals surface area contributed by atoms with Gasteiger partial charge < -0.3 is 5.11 Å². The van der Waals surface area contributed by atoms with Crippen molar-refractivity contribution in [2.24, 2.45) is 0 Å². The summed E-state index contributed by atoms with van der Waals surface area (Å²) in [4.78, 5) is 17.9. The predicted molar refractivity (Wildman–Crippen MR) is 45.3 cm³/mol. The molecule has 5 heteroatoms. The molecule has 0 spiro atoms. The smallest absolute Gasteiger partial charge is 0.368 e. The number of hydrogen-bond acceptors (Lipinski definition) is 3. The van der Waals surface area contributed by atoms with E-state index in [4.69, 9.17) is 14.7 Å². The maximum absolute atomic E-state index is 9.00. The number of carbonyl (C=O) groups is 2. The van der Waals surface area contributed by atoms with Gasteiger partial charge in [0.05, 0.1) is 0 Å². The number of carboxylic acids is 1. The molecule has 0 unspecified atom stereocenters. The van der Waals surface area contributed by atoms with Crippen molar-refractivity contribution in [2.75, 3.05) is 0 Å². The second-order valence-electron chi connectivity index (χ2n) is 1.25. The van der Waals surface area contributed by atoms with E-state index < -0.39 is 5.97 Å². The van der Waals surface area contributed by atoms with E-state index in [1.807, 2.05) is 22.9 Å². The first-order valence-electron chi connectivity index (χ1n) is 2.42. The number of thiophene rings is 1. The molecule has 0 amide bonds. The molecular weight excluding hydrogens is 188 g/mol. The van der Waals surface area contributed by atoms with E-state index >= 15 is 0 Å². The lowest BCUT2D eigenvalue weighted by atomic mass is 10.7. The standard InChI is InChI=1S/C4H4S.C2H2O3.ClH/c1-2-4-5-3-1;3-1-2(4)5;/h1-4H;1H,(H,4,5);1H. The number of aliphatic carboxylic acids is 1. The van der Waals surface area contributed by atoms with Gasteiger partial charge in [-0.2, -0.15) is 11.3 Å². The van der Waals surface area contributed by atoms with Crippen LogP contribution in [0.25, 0.3) is 0 Å². The molecule has 1 heterocycles. The van der Waals surface area contributed by atoms with Crippen LogP contribution in [0.5, 0.6) is 0 Å². The molecule has 0 radical (unpaired) electrons. The van der Waals surface area contributed by atoms with Gasteiger partial charge in [0, 0.05) is 0 Å². The van der Waals surface area contributed by atoms with E-state index in [1.54, 1.807) is 11.3 Å². The van der Waals surface area contributed by atoms with Crippen molar-refractivity contribution in [1.29, 1.82) is 0 Å². The molecule has 3 nitrogen and oxygen atoms in total. The van der Waals surface area contributed by atoms with E-state index in [-0.39, 0.29) is 18.7 Å². The van der Waals surface area contributed by atoms with Gasteiger partial charge in [0.2, 0.25) is 6.29 Å². The van der Waals surface area contributed by atoms with Gasteiger partial charge in [-0.3, -0.25) is 4.79 Å². The van der Waals surface area contributed by atoms with Crippen LogP contribution in [0.1, 0.15) is 0 Å². The van der Waals surface area contributed by atoms with Crippen molar-refractivity contribution in [3.05, 3.63) is 22.9 Å². The lowest BCUT2D eigenvalue weighted by molar-refractivity contribution is -0.143. The van der Waals surface area contributed by atoms with Crippen LogP contribution in [0.3, 0.4) is 0 Å². The number of carbonyl (C=O) groups excluding carboxylic acids is 1. The van der Waals surface area contributed by atoms with E-state index in [1.165, 1.54) is 0 Å². The average Bonchev–Trinajstić information content (AvgIpc) is 2.43. The molecule has 1 aromatic rings. The minimum Gasteiger partial charge on any atom is -0.476 e. The lowest BCUT2D eigenvalue weighted by Gasteiger charge is -1.59. The van der Waals surface area contributed by atoms with Gasteiger partial charge in [-0.15, -0.1) is 12.4 Å². The number of carboxylic acid groups (broad SMARTS) is 1. The fourth-order valence-electron chi connectivity index (χ4n) is 0.227. The van der Waals surface area contributed by atoms with Crippen molar-refractivity contribution < 1.29 is 14.7 Å². The van der Waals surface area contributed by atoms with Crippen LogP contribution in [-0.4, -0.2) is 17.4 Å². The van der Waals surface area contributed by atoms with Gasteiger partial charge in [0.15, 0.2) is 0 Å². The van der Waals surface area contributed by atoms with Crippen LogP contribution < -0.4 is 0 Å². The maximum Gasteiger partial charge on any atom is 0.368 e. The highest BCUT2D eigenvalue weighted by atomic mass is 35.5. The summed E-state index contributed by atoms with van der Waals surface area (Å²) >= 11 is 1.71. The van der Waals surface area contributed by atoms with E-state index in [0.29, 0.717) is 0 Å². The first-order valence-corrected chi connectivity index (χ1v) is 3.37. The lowest BCUT2D eigenvalue weighted by Crippen LogP contribution is -1.91. The van der Waals surface area contributed by atoms with Crippen molar-refractivity contribution in [1.82, 2.24) is 0 Å². The summed E-state index contributed by atoms with van der Waals surface area (Å²) in [7, 11) is 0. The summed E-state index contributed by atoms with van der Waals surface area (Å²) in [6.07, 6.45) is -0.167. The predicted octanol–water partition coefficient (Wildman–Crippen LogP) is 1.44. The highest BCUT2D eigenvalue weighted by Crippen LogP contribution is 1.91. The first-order chi connectivity index (χ1) is 4.77. The third-order valence-electron chi connectivity index (χ3n) is 0.526. The number of aldehydes is 1. The largest absolute Gasteiger partial charge is 0.476 e. The van der Waals surface area contributed by atoms with Gasteiger partial charge in [-0.25, -0.2) is 4.79 Å². The molecule has 1 aromatic heterocycles. The Morgan fingerprint density at radius 3 is 1.82 bits per heavy atom. The zero-order valence-corrected chi connectivity index (χ0v) is 7.10. The minimum absolute atomic E-state index is 0. The molecule has 0 aromatic carbocycles. The summed E-state index contributed by atoms with van der Waals surface area (Å²) in [5.41, 5.74) is 0. The third kappa shape index (κ3) is 12.4. The zero-order valence-electron chi connectivity index (χ0n) is 5.47. The van der Waals surface area contributed by atoms with E-state index in [9.17, 15) is 0 Å². The first kappa shape index (κ1) is 12.8. The Bertz CT molecular complexity index is 168. The Morgan fingerprint density at radius 1 is 1.36 bits per heavy atom. The number of hydrogen-bond donors (Lipinski definition) is 1. The average molecular weight is 195 g/mol. The Morgan fingerprint density at radius 2 is 1.73 bits per heavy atom. The highest BCUT2D eigenvalue weighted by Gasteiger charge is 1.80. The van der Waals surface area contributed by atoms with Crippen molar-refractivity contribution >= 4 is 36.0 Å². The molecule has 0 aliphatic carbocycles. The molecule has 0 saturated carbocycles. The second kappa shape index (κ2) is 9.13. The number of rotatable bonds is 1. The van der Waals surface area contributed by atoms with Gasteiger partial charge in [0.25, 0.3) is 0 Å². The highest BCUT2D eigenvalue weighted by molar-refractivity contribution is 7.07. The van der Waals surface area contributed by atoms with Crippen LogP contribution in [0.4, 0.5) is 0 Å². The summed E-state index contributed by atoms with van der Waals surface area (Å²) in [6.45, 7) is 0. The van der Waals surface area contributed by atoms with E-state index in [0.717, 1.165) is 0 Å². The van der Waals surface area contributed by atoms with Gasteiger partial charge in [-0.05, 0) is 10.8 Å². The molecule has 0 aliphatic heterocycles. The summed E-state index contributed by atoms with van der Waals surface area (Å²) in [5.74, 6) is -1.43. The van der Waals surface area contributed by atoms with E-state index in [2.05, 4.69) is 0 Å². The fraction of sp³-hybridized carbons (Fsp3) is 0. The number of halogens is 1. The molecule has 0 atom stereocenters. The van der Waals surface area contributed by atoms with Crippen LogP contribution in [0, 0.1) is 0 Å². The molecule has 0 bridgehead atoms. The second-order valence-corrected chi connectivity index (χ2v) is 2.07. The molecule has 62 valence electrons. The topological polar surface area (TPSA) is 54.4 Å². The van der Waals surface area contributed by atoms with Crippen LogP contribution in [0.2, 0.25) is 0 Å². The van der Waals surface area contributed by atoms with Gasteiger partial charge in [0.1, 0.15) is 0 Å². The monoisotopic (exact) mass is 194 g/mol. The van der Waals surface area contributed by atoms with Crippen molar-refractivity contribution in [3.8, 4) is 0 Å². The van der Waals surface area contributed by atoms with Gasteiger partial charge >= 0.3 is 5.97 Å². The zero-order chi connectivity index (χ0) is 7.82. The minimum atomic E-state index is -1.43. The SMILES string of the molecule is Cl.O=CC(=O)O.c1ccsc1. The summed E-state index contributed by atoms with van der Waals surface area (Å²) < 4.78 is 0. The maximum atomic E-state index is 9.00. The van der Waals surface area contributed by atoms with Gasteiger partial charge in [-0.1, -0.05) is 12.1 Å². The molecule has 11 heavy (non-hydrogen) atoms.